The molecule has 118 valence electrons. The van der Waals surface area contributed by atoms with E-state index in [1.54, 1.807) is 0 Å². The van der Waals surface area contributed by atoms with Crippen molar-refractivity contribution in [2.75, 3.05) is 13.7 Å². The van der Waals surface area contributed by atoms with Crippen molar-refractivity contribution in [1.82, 2.24) is 0 Å². The molecule has 0 heterocycles. The maximum Gasteiger partial charge on any atom is 0.338 e. The minimum absolute atomic E-state index is 0.271. The van der Waals surface area contributed by atoms with Crippen LogP contribution in [-0.4, -0.2) is 19.6 Å². The van der Waals surface area contributed by atoms with Gasteiger partial charge in [-0.3, -0.25) is 0 Å². The van der Waals surface area contributed by atoms with Crippen molar-refractivity contribution < 1.29 is 9.53 Å². The van der Waals surface area contributed by atoms with Gasteiger partial charge in [0.1, 0.15) is 0 Å². The topological polar surface area (TPSA) is 52.3 Å². The average Bonchev–Trinajstić information content (AvgIpc) is 2.70. The van der Waals surface area contributed by atoms with E-state index in [-0.39, 0.29) is 5.97 Å². The fraction of sp³-hybridized carbons (Fsp3) is 0.421. The second-order valence-corrected chi connectivity index (χ2v) is 5.97. The first-order chi connectivity index (χ1) is 10.6. The van der Waals surface area contributed by atoms with Gasteiger partial charge < -0.3 is 10.5 Å². The van der Waals surface area contributed by atoms with Gasteiger partial charge in [0.15, 0.2) is 0 Å². The van der Waals surface area contributed by atoms with Gasteiger partial charge in [-0.05, 0) is 60.0 Å². The van der Waals surface area contributed by atoms with E-state index in [0.717, 1.165) is 30.4 Å². The van der Waals surface area contributed by atoms with E-state index in [1.807, 2.05) is 12.1 Å². The number of nitrogens with two attached hydrogens (primary N) is 1. The summed E-state index contributed by atoms with van der Waals surface area (Å²) in [6.07, 6.45) is 2.97. The van der Waals surface area contributed by atoms with Gasteiger partial charge in [0, 0.05) is 0 Å². The van der Waals surface area contributed by atoms with Crippen LogP contribution >= 0.6 is 0 Å². The molecule has 2 N–H and O–H groups in total. The fourth-order valence-corrected chi connectivity index (χ4v) is 2.77. The largest absolute Gasteiger partial charge is 0.465 e. The van der Waals surface area contributed by atoms with Gasteiger partial charge in [-0.1, -0.05) is 38.1 Å². The minimum atomic E-state index is -0.271. The summed E-state index contributed by atoms with van der Waals surface area (Å²) >= 11 is 0. The van der Waals surface area contributed by atoms with E-state index in [4.69, 9.17) is 10.5 Å². The number of unbranched alkanes of at least 4 members (excludes halogenated alkanes) is 1. The average molecular weight is 301 g/mol. The van der Waals surface area contributed by atoms with Crippen LogP contribution in [-0.2, 0) is 11.2 Å². The summed E-state index contributed by atoms with van der Waals surface area (Å²) in [5, 5.41) is 0. The number of carbonyl (C=O) groups is 1. The van der Waals surface area contributed by atoms with Crippen LogP contribution in [0.25, 0.3) is 11.1 Å². The molecule has 2 aliphatic carbocycles. The molecule has 0 aromatic heterocycles. The summed E-state index contributed by atoms with van der Waals surface area (Å²) in [7, 11) is 1.43. The van der Waals surface area contributed by atoms with Gasteiger partial charge in [0.2, 0.25) is 0 Å². The molecule has 2 aliphatic rings. The van der Waals surface area contributed by atoms with Crippen LogP contribution in [0.1, 0.15) is 54.1 Å². The SMILES string of the molecule is COC(=O)c1[14cH]c(CCCCN)c2ccc(C(C)C)ccc1-2. The van der Waals surface area contributed by atoms with Crippen LogP contribution in [0, 0.1) is 0 Å². The van der Waals surface area contributed by atoms with Crippen molar-refractivity contribution in [3.8, 4) is 11.1 Å². The van der Waals surface area contributed by atoms with Gasteiger partial charge in [-0.2, -0.15) is 0 Å². The molecule has 0 spiro atoms. The Morgan fingerprint density at radius 2 is 1.86 bits per heavy atom. The van der Waals surface area contributed by atoms with Crippen LogP contribution in [0.5, 0.6) is 0 Å². The molecule has 22 heavy (non-hydrogen) atoms. The number of fused-ring (bicyclic) bond motifs is 1. The zero-order valence-corrected chi connectivity index (χ0v) is 13.7. The number of hydrogen-bond donors (Lipinski definition) is 1. The number of methoxy groups -OCH3 is 1. The molecule has 0 atom stereocenters. The number of carbonyl (C=O) groups excluding carboxylic acids is 1. The summed E-state index contributed by atoms with van der Waals surface area (Å²) in [5.74, 6) is 0.186. The second-order valence-electron chi connectivity index (χ2n) is 5.97. The van der Waals surface area contributed by atoms with Crippen molar-refractivity contribution in [2.24, 2.45) is 5.73 Å². The summed E-state index contributed by atoms with van der Waals surface area (Å²) in [4.78, 5) is 12.0. The highest BCUT2D eigenvalue weighted by atomic mass is 16.5. The Kier molecular flexibility index (Phi) is 5.56. The molecule has 2 rings (SSSR count). The summed E-state index contributed by atoms with van der Waals surface area (Å²) in [6, 6.07) is 10.4. The van der Waals surface area contributed by atoms with Crippen molar-refractivity contribution >= 4 is 5.97 Å². The highest BCUT2D eigenvalue weighted by Gasteiger charge is 2.20. The number of aryl methyl sites for hydroxylation is 1. The zero-order valence-electron chi connectivity index (χ0n) is 13.7. The number of ether oxygens (including phenoxy) is 1. The predicted octanol–water partition coefficient (Wildman–Crippen LogP) is 3.98. The lowest BCUT2D eigenvalue weighted by Crippen LogP contribution is -2.00. The molecule has 0 unspecified atom stereocenters. The Balaban J connectivity index is 2.48. The smallest absolute Gasteiger partial charge is 0.338 e. The molecule has 0 aromatic rings. The molecular formula is C19H25NO2. The van der Waals surface area contributed by atoms with E-state index in [2.05, 4.69) is 32.0 Å². The Hall–Kier alpha value is -1.87. The normalized spacial score (nSPS) is 11.1. The molecule has 0 bridgehead atoms. The summed E-state index contributed by atoms with van der Waals surface area (Å²) < 4.78 is 4.93. The van der Waals surface area contributed by atoms with E-state index in [9.17, 15) is 4.79 Å². The predicted molar refractivity (Wildman–Crippen MR) is 90.5 cm³/mol. The van der Waals surface area contributed by atoms with Gasteiger partial charge in [-0.15, -0.1) is 0 Å². The van der Waals surface area contributed by atoms with E-state index >= 15 is 0 Å². The monoisotopic (exact) mass is 301 g/mol. The molecule has 0 radical (unpaired) electrons. The lowest BCUT2D eigenvalue weighted by atomic mass is 10.0. The fourth-order valence-electron chi connectivity index (χ4n) is 2.77. The van der Waals surface area contributed by atoms with Crippen LogP contribution in [0.2, 0.25) is 0 Å². The molecule has 0 aromatic carbocycles. The number of esters is 1. The molecule has 0 fully saturated rings. The van der Waals surface area contributed by atoms with Gasteiger partial charge >= 0.3 is 5.97 Å². The highest BCUT2D eigenvalue weighted by molar-refractivity contribution is 6.00. The zero-order chi connectivity index (χ0) is 16.1. The van der Waals surface area contributed by atoms with Crippen LogP contribution in [0.4, 0.5) is 0 Å². The van der Waals surface area contributed by atoms with E-state index < -0.39 is 0 Å². The first kappa shape index (κ1) is 16.5. The van der Waals surface area contributed by atoms with Crippen LogP contribution in [0.3, 0.4) is 0 Å². The van der Waals surface area contributed by atoms with Crippen LogP contribution in [0.15, 0.2) is 30.3 Å². The first-order valence-electron chi connectivity index (χ1n) is 7.92. The molecular weight excluding hydrogens is 276 g/mol. The number of rotatable bonds is 6. The molecule has 0 saturated carbocycles. The van der Waals surface area contributed by atoms with Crippen LogP contribution < -0.4 is 5.73 Å². The Morgan fingerprint density at radius 3 is 2.45 bits per heavy atom. The highest BCUT2D eigenvalue weighted by Crippen LogP contribution is 2.34. The first-order valence-corrected chi connectivity index (χ1v) is 7.92. The van der Waals surface area contributed by atoms with Gasteiger partial charge in [0.05, 0.1) is 12.7 Å². The second kappa shape index (κ2) is 7.41. The lowest BCUT2D eigenvalue weighted by molar-refractivity contribution is 0.0602. The Bertz CT molecular complexity index is 619. The molecule has 0 saturated heterocycles. The van der Waals surface area contributed by atoms with Crippen molar-refractivity contribution in [3.05, 3.63) is 47.0 Å². The lowest BCUT2D eigenvalue weighted by Gasteiger charge is -2.01. The third-order valence-electron chi connectivity index (χ3n) is 4.10. The minimum Gasteiger partial charge on any atom is -0.465 e. The Labute approximate surface area is 132 Å². The van der Waals surface area contributed by atoms with Crippen molar-refractivity contribution in [1.29, 1.82) is 0 Å². The Morgan fingerprint density at radius 1 is 1.18 bits per heavy atom. The maximum absolute atomic E-state index is 12.0. The maximum atomic E-state index is 12.0. The summed E-state index contributed by atoms with van der Waals surface area (Å²) in [5.41, 5.74) is 10.8. The molecule has 3 heteroatoms. The molecule has 3 nitrogen and oxygen atoms in total. The van der Waals surface area contributed by atoms with E-state index in [0.29, 0.717) is 18.0 Å². The molecule has 0 amide bonds. The third-order valence-corrected chi connectivity index (χ3v) is 4.10. The van der Waals surface area contributed by atoms with E-state index in [1.165, 1.54) is 18.2 Å². The third kappa shape index (κ3) is 3.47. The summed E-state index contributed by atoms with van der Waals surface area (Å²) in [6.45, 7) is 5.04. The quantitative estimate of drug-likeness (QED) is 0.648. The van der Waals surface area contributed by atoms with Gasteiger partial charge in [-0.25, -0.2) is 4.79 Å². The van der Waals surface area contributed by atoms with Crippen molar-refractivity contribution in [3.63, 3.8) is 0 Å². The standard InChI is InChI=1S/C19H25NO2/c1-13(2)14-7-9-16-15(6-4-5-11-20)12-18(19(21)22-3)17(16)10-8-14/h7-10,12-13H,4-6,11,20H2,1-3H3/i12+2. The van der Waals surface area contributed by atoms with Crippen molar-refractivity contribution in [2.45, 2.75) is 39.0 Å². The molecule has 0 aliphatic heterocycles. The van der Waals surface area contributed by atoms with Gasteiger partial charge in [0.25, 0.3) is 0 Å². The number of hydrogen-bond acceptors (Lipinski definition) is 3.